The quantitative estimate of drug-likeness (QED) is 0.781. The summed E-state index contributed by atoms with van der Waals surface area (Å²) in [7, 11) is 0. The fourth-order valence-corrected chi connectivity index (χ4v) is 4.47. The molecule has 1 aliphatic heterocycles. The van der Waals surface area contributed by atoms with Crippen LogP contribution < -0.4 is 10.6 Å². The largest absolute Gasteiger partial charge is 0.360 e. The standard InChI is InChI=1S/C21H31N3OS/c1-15-7-6-8-16(2)19(15)23-21(26)22-18-11-13-24(14-12-18)20(25)17-9-4-3-5-10-17/h6-8,17-18H,3-5,9-14H2,1-2H3,(H2,22,23,26). The Balaban J connectivity index is 1.46. The van der Waals surface area contributed by atoms with E-state index in [2.05, 4.69) is 47.6 Å². The molecule has 142 valence electrons. The molecule has 2 N–H and O–H groups in total. The van der Waals surface area contributed by atoms with E-state index in [1.54, 1.807) is 0 Å². The number of nitrogens with one attached hydrogen (secondary N) is 2. The number of carbonyl (C=O) groups is 1. The third-order valence-corrected chi connectivity index (χ3v) is 6.04. The van der Waals surface area contributed by atoms with Crippen LogP contribution in [0.25, 0.3) is 0 Å². The van der Waals surface area contributed by atoms with Crippen LogP contribution in [0.5, 0.6) is 0 Å². The molecule has 1 heterocycles. The summed E-state index contributed by atoms with van der Waals surface area (Å²) in [5.74, 6) is 0.666. The Labute approximate surface area is 162 Å². The van der Waals surface area contributed by atoms with Crippen LogP contribution >= 0.6 is 12.2 Å². The first-order valence-electron chi connectivity index (χ1n) is 9.97. The van der Waals surface area contributed by atoms with Crippen molar-refractivity contribution in [2.24, 2.45) is 5.92 Å². The molecular formula is C21H31N3OS. The number of nitrogens with zero attached hydrogens (tertiary/aromatic N) is 1. The van der Waals surface area contributed by atoms with Gasteiger partial charge in [0, 0.05) is 30.7 Å². The predicted molar refractivity (Wildman–Crippen MR) is 111 cm³/mol. The van der Waals surface area contributed by atoms with Crippen LogP contribution in [-0.4, -0.2) is 35.1 Å². The van der Waals surface area contributed by atoms with Gasteiger partial charge >= 0.3 is 0 Å². The molecule has 1 aromatic carbocycles. The zero-order valence-electron chi connectivity index (χ0n) is 16.0. The normalized spacial score (nSPS) is 19.2. The number of piperidine rings is 1. The zero-order valence-corrected chi connectivity index (χ0v) is 16.8. The number of hydrogen-bond acceptors (Lipinski definition) is 2. The van der Waals surface area contributed by atoms with Gasteiger partial charge in [-0.15, -0.1) is 0 Å². The second-order valence-corrected chi connectivity index (χ2v) is 8.21. The molecule has 1 saturated heterocycles. The second-order valence-electron chi connectivity index (χ2n) is 7.80. The maximum atomic E-state index is 12.7. The van der Waals surface area contributed by atoms with Gasteiger partial charge in [0.2, 0.25) is 5.91 Å². The van der Waals surface area contributed by atoms with Gasteiger partial charge in [-0.3, -0.25) is 4.79 Å². The monoisotopic (exact) mass is 373 g/mol. The van der Waals surface area contributed by atoms with E-state index in [0.29, 0.717) is 17.1 Å². The number of aryl methyl sites for hydroxylation is 2. The van der Waals surface area contributed by atoms with Gasteiger partial charge in [-0.05, 0) is 62.9 Å². The van der Waals surface area contributed by atoms with Gasteiger partial charge in [0.15, 0.2) is 5.11 Å². The molecule has 2 fully saturated rings. The lowest BCUT2D eigenvalue weighted by Crippen LogP contribution is -2.49. The number of likely N-dealkylation sites (tertiary alicyclic amines) is 1. The minimum absolute atomic E-state index is 0.278. The van der Waals surface area contributed by atoms with Gasteiger partial charge in [0.1, 0.15) is 0 Å². The SMILES string of the molecule is Cc1cccc(C)c1NC(=S)NC1CCN(C(=O)C2CCCCC2)CC1. The molecule has 0 bridgehead atoms. The Bertz CT molecular complexity index is 626. The van der Waals surface area contributed by atoms with E-state index >= 15 is 0 Å². The van der Waals surface area contributed by atoms with E-state index in [9.17, 15) is 4.79 Å². The minimum atomic E-state index is 0.278. The maximum Gasteiger partial charge on any atom is 0.225 e. The summed E-state index contributed by atoms with van der Waals surface area (Å²) in [6.07, 6.45) is 7.82. The van der Waals surface area contributed by atoms with Crippen molar-refractivity contribution < 1.29 is 4.79 Å². The highest BCUT2D eigenvalue weighted by atomic mass is 32.1. The lowest BCUT2D eigenvalue weighted by atomic mass is 9.87. The first-order valence-corrected chi connectivity index (χ1v) is 10.4. The van der Waals surface area contributed by atoms with E-state index < -0.39 is 0 Å². The van der Waals surface area contributed by atoms with Crippen LogP contribution in [0.1, 0.15) is 56.1 Å². The van der Waals surface area contributed by atoms with Crippen molar-refractivity contribution in [1.82, 2.24) is 10.2 Å². The number of para-hydroxylation sites is 1. The summed E-state index contributed by atoms with van der Waals surface area (Å²) >= 11 is 5.52. The predicted octanol–water partition coefficient (Wildman–Crippen LogP) is 4.16. The molecule has 0 atom stereocenters. The number of anilines is 1. The van der Waals surface area contributed by atoms with E-state index in [4.69, 9.17) is 12.2 Å². The molecule has 4 nitrogen and oxygen atoms in total. The molecule has 5 heteroatoms. The smallest absolute Gasteiger partial charge is 0.225 e. The van der Waals surface area contributed by atoms with E-state index in [0.717, 1.165) is 44.5 Å². The molecule has 3 rings (SSSR count). The van der Waals surface area contributed by atoms with E-state index in [-0.39, 0.29) is 5.92 Å². The van der Waals surface area contributed by atoms with E-state index in [1.165, 1.54) is 30.4 Å². The van der Waals surface area contributed by atoms with Gasteiger partial charge in [-0.2, -0.15) is 0 Å². The Hall–Kier alpha value is -1.62. The van der Waals surface area contributed by atoms with Crippen LogP contribution in [-0.2, 0) is 4.79 Å². The minimum Gasteiger partial charge on any atom is -0.360 e. The van der Waals surface area contributed by atoms with E-state index in [1.807, 2.05) is 0 Å². The Morgan fingerprint density at radius 3 is 2.27 bits per heavy atom. The summed E-state index contributed by atoms with van der Waals surface area (Å²) in [4.78, 5) is 14.7. The fraction of sp³-hybridized carbons (Fsp3) is 0.619. The molecule has 1 amide bonds. The summed E-state index contributed by atoms with van der Waals surface area (Å²) in [5.41, 5.74) is 3.49. The van der Waals surface area contributed by atoms with Crippen LogP contribution in [0, 0.1) is 19.8 Å². The molecule has 26 heavy (non-hydrogen) atoms. The molecular weight excluding hydrogens is 342 g/mol. The van der Waals surface area contributed by atoms with Crippen LogP contribution in [0.3, 0.4) is 0 Å². The molecule has 0 unspecified atom stereocenters. The van der Waals surface area contributed by atoms with Crippen molar-refractivity contribution in [3.05, 3.63) is 29.3 Å². The highest BCUT2D eigenvalue weighted by Crippen LogP contribution is 2.26. The van der Waals surface area contributed by atoms with Crippen molar-refractivity contribution in [2.45, 2.75) is 64.8 Å². The van der Waals surface area contributed by atoms with Gasteiger partial charge in [-0.25, -0.2) is 0 Å². The molecule has 0 spiro atoms. The van der Waals surface area contributed by atoms with Crippen molar-refractivity contribution in [3.63, 3.8) is 0 Å². The number of thiocarbonyl (C=S) groups is 1. The van der Waals surface area contributed by atoms with Crippen LogP contribution in [0.2, 0.25) is 0 Å². The molecule has 0 aromatic heterocycles. The molecule has 1 aliphatic carbocycles. The van der Waals surface area contributed by atoms with Gasteiger partial charge in [-0.1, -0.05) is 37.5 Å². The van der Waals surface area contributed by atoms with Crippen molar-refractivity contribution >= 4 is 28.9 Å². The zero-order chi connectivity index (χ0) is 18.5. The summed E-state index contributed by atoms with van der Waals surface area (Å²) in [5, 5.41) is 7.47. The fourth-order valence-electron chi connectivity index (χ4n) is 4.20. The number of amides is 1. The molecule has 1 saturated carbocycles. The number of carbonyl (C=O) groups excluding carboxylic acids is 1. The highest BCUT2D eigenvalue weighted by molar-refractivity contribution is 7.80. The van der Waals surface area contributed by atoms with Crippen LogP contribution in [0.15, 0.2) is 18.2 Å². The third kappa shape index (κ3) is 4.76. The lowest BCUT2D eigenvalue weighted by Gasteiger charge is -2.35. The summed E-state index contributed by atoms with van der Waals surface area (Å²) < 4.78 is 0. The Morgan fingerprint density at radius 1 is 1.04 bits per heavy atom. The number of hydrogen-bond donors (Lipinski definition) is 2. The van der Waals surface area contributed by atoms with Crippen molar-refractivity contribution in [1.29, 1.82) is 0 Å². The van der Waals surface area contributed by atoms with Gasteiger partial charge in [0.25, 0.3) is 0 Å². The second kappa shape index (κ2) is 8.85. The highest BCUT2D eigenvalue weighted by Gasteiger charge is 2.29. The Kier molecular flexibility index (Phi) is 6.52. The van der Waals surface area contributed by atoms with Crippen LogP contribution in [0.4, 0.5) is 5.69 Å². The summed E-state index contributed by atoms with van der Waals surface area (Å²) in [6.45, 7) is 5.87. The number of rotatable bonds is 3. The first kappa shape index (κ1) is 19.2. The van der Waals surface area contributed by atoms with Crippen molar-refractivity contribution in [3.8, 4) is 0 Å². The third-order valence-electron chi connectivity index (χ3n) is 5.82. The maximum absolute atomic E-state index is 12.7. The molecule has 1 aromatic rings. The Morgan fingerprint density at radius 2 is 1.65 bits per heavy atom. The first-order chi connectivity index (χ1) is 12.5. The summed E-state index contributed by atoms with van der Waals surface area (Å²) in [6, 6.07) is 6.58. The average Bonchev–Trinajstić information content (AvgIpc) is 2.66. The topological polar surface area (TPSA) is 44.4 Å². The van der Waals surface area contributed by atoms with Crippen molar-refractivity contribution in [2.75, 3.05) is 18.4 Å². The van der Waals surface area contributed by atoms with Gasteiger partial charge < -0.3 is 15.5 Å². The molecule has 2 aliphatic rings. The molecule has 0 radical (unpaired) electrons. The number of benzene rings is 1. The lowest BCUT2D eigenvalue weighted by molar-refractivity contribution is -0.137. The van der Waals surface area contributed by atoms with Gasteiger partial charge in [0.05, 0.1) is 0 Å². The average molecular weight is 374 g/mol.